The largest absolute Gasteiger partial charge is 0.504 e. The van der Waals surface area contributed by atoms with Crippen molar-refractivity contribution < 1.29 is 37.6 Å². The summed E-state index contributed by atoms with van der Waals surface area (Å²) < 4.78 is 56.5. The van der Waals surface area contributed by atoms with Crippen LogP contribution in [0.4, 0.5) is 8.78 Å². The smallest absolute Gasteiger partial charge is 0.359 e. The highest BCUT2D eigenvalue weighted by Crippen LogP contribution is 2.53. The van der Waals surface area contributed by atoms with Gasteiger partial charge in [0.1, 0.15) is 17.4 Å². The van der Waals surface area contributed by atoms with Crippen molar-refractivity contribution in [3.8, 4) is 45.9 Å². The van der Waals surface area contributed by atoms with Crippen LogP contribution in [0.1, 0.15) is 22.3 Å². The fourth-order valence-electron chi connectivity index (χ4n) is 6.11. The number of amidine groups is 2. The van der Waals surface area contributed by atoms with Crippen LogP contribution in [-0.4, -0.2) is 59.9 Å². The van der Waals surface area contributed by atoms with E-state index < -0.39 is 46.5 Å². The van der Waals surface area contributed by atoms with E-state index >= 15 is 8.78 Å². The van der Waals surface area contributed by atoms with Crippen LogP contribution in [0.15, 0.2) is 89.9 Å². The van der Waals surface area contributed by atoms with E-state index in [0.29, 0.717) is 35.6 Å². The first kappa shape index (κ1) is 33.3. The van der Waals surface area contributed by atoms with Gasteiger partial charge in [0.25, 0.3) is 17.4 Å². The molecule has 258 valence electrons. The standard InChI is InChI=1S/C37H28ClF2N5O6/c1-45-15-14-43-33(45)20-6-5-7-22(16-20)49-34-29(39)31(30(40)35(44-34)50-28-17-19(32(41)42)10-13-27(28)46)51-37(36(47)48-2)25-9-4-3-8-23(25)24-12-11-21(38)18-26(24)37/h3-13,16-18,46H,14-15H2,1-2H3,(H3,41,42). The Morgan fingerprint density at radius 3 is 2.43 bits per heavy atom. The number of phenolic OH excluding ortho intramolecular Hbond substituents is 1. The number of benzene rings is 4. The van der Waals surface area contributed by atoms with Crippen LogP contribution >= 0.6 is 11.6 Å². The molecule has 5 aromatic rings. The Hall–Kier alpha value is -6.21. The lowest BCUT2D eigenvalue weighted by Crippen LogP contribution is -2.42. The van der Waals surface area contributed by atoms with Gasteiger partial charge in [-0.25, -0.2) is 4.79 Å². The summed E-state index contributed by atoms with van der Waals surface area (Å²) in [5.41, 5.74) is 5.63. The number of methoxy groups -OCH3 is 1. The Labute approximate surface area is 295 Å². The van der Waals surface area contributed by atoms with Gasteiger partial charge in [0.05, 0.1) is 13.7 Å². The normalized spacial score (nSPS) is 15.9. The van der Waals surface area contributed by atoms with Gasteiger partial charge in [-0.1, -0.05) is 54.1 Å². The number of nitrogens with zero attached hydrogens (tertiary/aromatic N) is 3. The quantitative estimate of drug-likeness (QED) is 0.0856. The van der Waals surface area contributed by atoms with Crippen molar-refractivity contribution in [1.29, 1.82) is 5.41 Å². The van der Waals surface area contributed by atoms with Crippen LogP contribution in [0.3, 0.4) is 0 Å². The number of hydrogen-bond donors (Lipinski definition) is 3. The number of esters is 1. The zero-order chi connectivity index (χ0) is 36.0. The van der Waals surface area contributed by atoms with Crippen molar-refractivity contribution in [3.63, 3.8) is 0 Å². The molecule has 1 atom stereocenters. The zero-order valence-electron chi connectivity index (χ0n) is 27.0. The molecule has 1 aromatic heterocycles. The van der Waals surface area contributed by atoms with Crippen molar-refractivity contribution in [2.45, 2.75) is 5.60 Å². The molecule has 0 radical (unpaired) electrons. The van der Waals surface area contributed by atoms with Gasteiger partial charge in [-0.15, -0.1) is 0 Å². The summed E-state index contributed by atoms with van der Waals surface area (Å²) in [5.74, 6) is -7.10. The maximum absolute atomic E-state index is 16.8. The van der Waals surface area contributed by atoms with Crippen LogP contribution in [0, 0.1) is 17.0 Å². The van der Waals surface area contributed by atoms with E-state index in [4.69, 9.17) is 41.7 Å². The number of fused-ring (bicyclic) bond motifs is 3. The molecule has 1 aliphatic carbocycles. The molecule has 51 heavy (non-hydrogen) atoms. The number of carbonyl (C=O) groups is 1. The SMILES string of the molecule is COC(=O)C1(Oc2c(F)c(Oc3cccc(C4=NCCN4C)c3)nc(Oc3cc(C(=N)N)ccc3O)c2F)c2ccccc2-c2ccc(Cl)cc21. The van der Waals surface area contributed by atoms with Crippen LogP contribution in [0.2, 0.25) is 5.02 Å². The monoisotopic (exact) mass is 711 g/mol. The Bertz CT molecular complexity index is 2290. The molecule has 2 aliphatic rings. The molecule has 0 amide bonds. The average molecular weight is 712 g/mol. The Morgan fingerprint density at radius 2 is 1.71 bits per heavy atom. The highest BCUT2D eigenvalue weighted by molar-refractivity contribution is 6.30. The predicted molar refractivity (Wildman–Crippen MR) is 184 cm³/mol. The van der Waals surface area contributed by atoms with Crippen molar-refractivity contribution in [1.82, 2.24) is 9.88 Å². The van der Waals surface area contributed by atoms with Gasteiger partial charge in [0, 0.05) is 40.9 Å². The van der Waals surface area contributed by atoms with Crippen molar-refractivity contribution in [2.75, 3.05) is 27.2 Å². The number of halogens is 3. The second-order valence-electron chi connectivity index (χ2n) is 11.6. The fraction of sp³-hybridized carbons (Fsp3) is 0.135. The van der Waals surface area contributed by atoms with Crippen molar-refractivity contribution >= 4 is 29.2 Å². The van der Waals surface area contributed by atoms with Crippen molar-refractivity contribution in [2.24, 2.45) is 10.7 Å². The minimum atomic E-state index is -2.26. The summed E-state index contributed by atoms with van der Waals surface area (Å²) in [6.45, 7) is 1.32. The second-order valence-corrected chi connectivity index (χ2v) is 12.1. The lowest BCUT2D eigenvalue weighted by Gasteiger charge is -2.30. The summed E-state index contributed by atoms with van der Waals surface area (Å²) in [7, 11) is 3.00. The van der Waals surface area contributed by atoms with Gasteiger partial charge in [-0.05, 0) is 53.6 Å². The summed E-state index contributed by atoms with van der Waals surface area (Å²) >= 11 is 6.39. The zero-order valence-corrected chi connectivity index (χ0v) is 27.8. The van der Waals surface area contributed by atoms with Gasteiger partial charge >= 0.3 is 5.97 Å². The summed E-state index contributed by atoms with van der Waals surface area (Å²) in [4.78, 5) is 24.3. The van der Waals surface area contributed by atoms with E-state index in [-0.39, 0.29) is 39.0 Å². The van der Waals surface area contributed by atoms with Crippen LogP contribution in [-0.2, 0) is 15.1 Å². The topological polar surface area (TPSA) is 153 Å². The Morgan fingerprint density at radius 1 is 0.961 bits per heavy atom. The molecule has 2 heterocycles. The van der Waals surface area contributed by atoms with E-state index in [9.17, 15) is 9.90 Å². The Kier molecular flexibility index (Phi) is 8.43. The lowest BCUT2D eigenvalue weighted by atomic mass is 9.91. The third-order valence-electron chi connectivity index (χ3n) is 8.51. The highest BCUT2D eigenvalue weighted by atomic mass is 35.5. The number of aromatic nitrogens is 1. The number of ether oxygens (including phenoxy) is 4. The van der Waals surface area contributed by atoms with Gasteiger partial charge in [-0.2, -0.15) is 13.8 Å². The number of rotatable bonds is 9. The molecule has 0 fully saturated rings. The number of likely N-dealkylation sites (N-methyl/N-ethyl adjacent to an activating group) is 1. The molecular formula is C37H28ClF2N5O6. The number of pyridine rings is 1. The first-order chi connectivity index (χ1) is 24.5. The summed E-state index contributed by atoms with van der Waals surface area (Å²) in [6.07, 6.45) is 0. The third kappa shape index (κ3) is 5.70. The number of carbonyl (C=O) groups excluding carboxylic acids is 1. The molecule has 7 rings (SSSR count). The Balaban J connectivity index is 1.42. The molecule has 0 spiro atoms. The van der Waals surface area contributed by atoms with Gasteiger partial charge in [0.15, 0.2) is 11.5 Å². The molecule has 4 aromatic carbocycles. The van der Waals surface area contributed by atoms with E-state index in [2.05, 4.69) is 9.98 Å². The number of nitrogens with one attached hydrogen (secondary N) is 1. The average Bonchev–Trinajstić information content (AvgIpc) is 3.68. The highest BCUT2D eigenvalue weighted by Gasteiger charge is 2.54. The summed E-state index contributed by atoms with van der Waals surface area (Å²) in [6, 6.07) is 21.7. The maximum atomic E-state index is 16.8. The molecule has 0 bridgehead atoms. The number of nitrogen functional groups attached to an aromatic ring is 1. The third-order valence-corrected chi connectivity index (χ3v) is 8.74. The number of aliphatic imine (C=N–C) groups is 1. The van der Waals surface area contributed by atoms with Crippen molar-refractivity contribution in [3.05, 3.63) is 124 Å². The fourth-order valence-corrected chi connectivity index (χ4v) is 6.28. The van der Waals surface area contributed by atoms with Gasteiger partial charge in [-0.3, -0.25) is 10.4 Å². The molecule has 14 heteroatoms. The number of hydrogen-bond acceptors (Lipinski definition) is 10. The van der Waals surface area contributed by atoms with Gasteiger partial charge in [0.2, 0.25) is 17.4 Å². The molecule has 4 N–H and O–H groups in total. The van der Waals surface area contributed by atoms with E-state index in [1.54, 1.807) is 54.6 Å². The van der Waals surface area contributed by atoms with E-state index in [1.165, 1.54) is 30.3 Å². The molecule has 1 unspecified atom stereocenters. The summed E-state index contributed by atoms with van der Waals surface area (Å²) in [5, 5.41) is 18.6. The first-order valence-corrected chi connectivity index (χ1v) is 15.8. The number of nitrogens with two attached hydrogens (primary N) is 1. The minimum Gasteiger partial charge on any atom is -0.504 e. The molecule has 1 aliphatic heterocycles. The molecular weight excluding hydrogens is 684 g/mol. The van der Waals surface area contributed by atoms with E-state index in [1.807, 2.05) is 11.9 Å². The lowest BCUT2D eigenvalue weighted by molar-refractivity contribution is -0.156. The minimum absolute atomic E-state index is 0.109. The number of aromatic hydroxyl groups is 1. The van der Waals surface area contributed by atoms with Crippen LogP contribution in [0.25, 0.3) is 11.1 Å². The number of phenols is 1. The second kappa shape index (κ2) is 12.9. The van der Waals surface area contributed by atoms with Crippen LogP contribution < -0.4 is 19.9 Å². The van der Waals surface area contributed by atoms with E-state index in [0.717, 1.165) is 7.11 Å². The molecule has 0 saturated carbocycles. The predicted octanol–water partition coefficient (Wildman–Crippen LogP) is 6.76. The molecule has 11 nitrogen and oxygen atoms in total. The van der Waals surface area contributed by atoms with Crippen LogP contribution in [0.5, 0.6) is 34.8 Å². The van der Waals surface area contributed by atoms with Gasteiger partial charge < -0.3 is 34.7 Å². The molecule has 0 saturated heterocycles. The first-order valence-electron chi connectivity index (χ1n) is 15.5. The maximum Gasteiger partial charge on any atom is 0.359 e.